The molecular formula is C30H55FN2O5. The van der Waals surface area contributed by atoms with Crippen molar-refractivity contribution >= 4 is 11.7 Å². The summed E-state index contributed by atoms with van der Waals surface area (Å²) in [5.74, 6) is -0.950. The van der Waals surface area contributed by atoms with Gasteiger partial charge in [-0.05, 0) is 82.6 Å². The van der Waals surface area contributed by atoms with Gasteiger partial charge in [-0.3, -0.25) is 10.2 Å². The van der Waals surface area contributed by atoms with E-state index in [1.807, 2.05) is 20.8 Å². The van der Waals surface area contributed by atoms with E-state index in [0.717, 1.165) is 26.2 Å². The van der Waals surface area contributed by atoms with Crippen LogP contribution in [0.25, 0.3) is 0 Å². The molecule has 0 aromatic heterocycles. The molecule has 2 heterocycles. The number of rotatable bonds is 4. The molecule has 8 heteroatoms. The topological polar surface area (TPSA) is 101 Å². The molecule has 0 saturated carbocycles. The van der Waals surface area contributed by atoms with E-state index >= 15 is 4.39 Å². The molecule has 0 aromatic rings. The molecule has 0 radical (unpaired) electrons. The number of carbonyl (C=O) groups is 1. The standard InChI is InChI=1S/C30H55FN2O5/c1-11-24-19(5)14-18(4)17(3)12-16(2)13-20(6)26(22(8)27(35)30(9,31)29(32)37-24)38-28-25(34)23(33-10)15-21(7)36-28/h16-26,28,32-34H,11-15H2,1-10H3/t16-,17?,18+,19+,20-,21+,22+,23-,24+,25+,26-,28-,30-/m0/s1. The molecule has 0 amide bonds. The van der Waals surface area contributed by atoms with Crippen LogP contribution in [0.15, 0.2) is 0 Å². The SMILES string of the molecule is CC[C@H]1OC(=N)[C@@](C)(F)C(=O)[C@H](C)[C@@H](O[C@@H]2O[C@H](C)C[C@H](NC)[C@H]2O)[C@@H](C)C[C@@H](C)CC(C)[C@H](C)C[C@H]1C. The first kappa shape index (κ1) is 33.1. The van der Waals surface area contributed by atoms with E-state index in [-0.39, 0.29) is 30.1 Å². The summed E-state index contributed by atoms with van der Waals surface area (Å²) in [6, 6.07) is -0.213. The van der Waals surface area contributed by atoms with E-state index in [1.54, 1.807) is 14.0 Å². The highest BCUT2D eigenvalue weighted by molar-refractivity contribution is 6.08. The van der Waals surface area contributed by atoms with E-state index in [1.165, 1.54) is 0 Å². The minimum atomic E-state index is -2.59. The van der Waals surface area contributed by atoms with Crippen LogP contribution < -0.4 is 5.32 Å². The van der Waals surface area contributed by atoms with Crippen molar-refractivity contribution in [2.24, 2.45) is 35.5 Å². The summed E-state index contributed by atoms with van der Waals surface area (Å²) in [6.07, 6.45) is 0.943. The number of alkyl halides is 1. The van der Waals surface area contributed by atoms with Crippen LogP contribution in [0.2, 0.25) is 0 Å². The fourth-order valence-corrected chi connectivity index (χ4v) is 6.61. The van der Waals surface area contributed by atoms with Gasteiger partial charge in [0.25, 0.3) is 0 Å². The smallest absolute Gasteiger partial charge is 0.240 e. The van der Waals surface area contributed by atoms with Gasteiger partial charge in [0.15, 0.2) is 12.1 Å². The van der Waals surface area contributed by atoms with Gasteiger partial charge in [0.2, 0.25) is 11.6 Å². The highest BCUT2D eigenvalue weighted by atomic mass is 19.1. The number of halogens is 1. The Bertz CT molecular complexity index is 780. The number of ketones is 1. The van der Waals surface area contributed by atoms with Crippen molar-refractivity contribution in [3.8, 4) is 0 Å². The zero-order chi connectivity index (χ0) is 28.9. The molecule has 3 N–H and O–H groups in total. The number of hydrogen-bond donors (Lipinski definition) is 3. The normalized spacial score (nSPS) is 46.6. The lowest BCUT2D eigenvalue weighted by Gasteiger charge is -2.42. The first-order valence-electron chi connectivity index (χ1n) is 14.8. The predicted molar refractivity (Wildman–Crippen MR) is 149 cm³/mol. The van der Waals surface area contributed by atoms with Crippen LogP contribution in [0.5, 0.6) is 0 Å². The van der Waals surface area contributed by atoms with Gasteiger partial charge in [-0.2, -0.15) is 0 Å². The highest BCUT2D eigenvalue weighted by Gasteiger charge is 2.48. The van der Waals surface area contributed by atoms with Gasteiger partial charge in [-0.15, -0.1) is 0 Å². The Kier molecular flexibility index (Phi) is 12.2. The second-order valence-electron chi connectivity index (χ2n) is 12.8. The molecule has 13 atom stereocenters. The van der Waals surface area contributed by atoms with Gasteiger partial charge in [-0.1, -0.05) is 48.5 Å². The van der Waals surface area contributed by atoms with Crippen molar-refractivity contribution in [1.82, 2.24) is 5.32 Å². The molecule has 2 rings (SSSR count). The molecule has 0 spiro atoms. The minimum Gasteiger partial charge on any atom is -0.475 e. The second-order valence-corrected chi connectivity index (χ2v) is 12.8. The average molecular weight is 543 g/mol. The first-order chi connectivity index (χ1) is 17.6. The maximum absolute atomic E-state index is 16.1. The van der Waals surface area contributed by atoms with Crippen molar-refractivity contribution in [1.29, 1.82) is 5.41 Å². The third-order valence-corrected chi connectivity index (χ3v) is 9.23. The maximum atomic E-state index is 16.1. The summed E-state index contributed by atoms with van der Waals surface area (Å²) >= 11 is 0. The van der Waals surface area contributed by atoms with E-state index in [2.05, 4.69) is 33.0 Å². The first-order valence-corrected chi connectivity index (χ1v) is 14.8. The Labute approximate surface area is 230 Å². The van der Waals surface area contributed by atoms with Crippen molar-refractivity contribution in [2.75, 3.05) is 7.05 Å². The Morgan fingerprint density at radius 2 is 1.61 bits per heavy atom. The molecule has 2 aliphatic rings. The maximum Gasteiger partial charge on any atom is 0.240 e. The van der Waals surface area contributed by atoms with Gasteiger partial charge < -0.3 is 24.6 Å². The molecule has 2 saturated heterocycles. The molecule has 1 unspecified atom stereocenters. The predicted octanol–water partition coefficient (Wildman–Crippen LogP) is 5.53. The molecular weight excluding hydrogens is 487 g/mol. The van der Waals surface area contributed by atoms with Gasteiger partial charge in [0.05, 0.1) is 12.2 Å². The lowest BCUT2D eigenvalue weighted by molar-refractivity contribution is -0.271. The summed E-state index contributed by atoms with van der Waals surface area (Å²) in [6.45, 7) is 17.6. The van der Waals surface area contributed by atoms with Crippen molar-refractivity contribution in [3.63, 3.8) is 0 Å². The molecule has 7 nitrogen and oxygen atoms in total. The van der Waals surface area contributed by atoms with Crippen LogP contribution in [0, 0.1) is 40.9 Å². The Morgan fingerprint density at radius 1 is 1.03 bits per heavy atom. The molecule has 222 valence electrons. The Balaban J connectivity index is 2.44. The van der Waals surface area contributed by atoms with Crippen molar-refractivity contribution in [3.05, 3.63) is 0 Å². The number of carbonyl (C=O) groups excluding carboxylic acids is 1. The highest BCUT2D eigenvalue weighted by Crippen LogP contribution is 2.36. The van der Waals surface area contributed by atoms with Crippen molar-refractivity contribution < 1.29 is 28.5 Å². The number of aliphatic hydroxyl groups is 1. The van der Waals surface area contributed by atoms with Crippen LogP contribution in [0.1, 0.15) is 94.4 Å². The van der Waals surface area contributed by atoms with Crippen LogP contribution >= 0.6 is 0 Å². The summed E-state index contributed by atoms with van der Waals surface area (Å²) < 4.78 is 34.4. The van der Waals surface area contributed by atoms with Crippen LogP contribution in [0.3, 0.4) is 0 Å². The van der Waals surface area contributed by atoms with Crippen LogP contribution in [-0.2, 0) is 19.0 Å². The second kappa shape index (κ2) is 14.0. The molecule has 0 aromatic carbocycles. The number of likely N-dealkylation sites (N-methyl/N-ethyl adjacent to an activating group) is 1. The average Bonchev–Trinajstić information content (AvgIpc) is 2.85. The Morgan fingerprint density at radius 3 is 2.18 bits per heavy atom. The van der Waals surface area contributed by atoms with Gasteiger partial charge in [0.1, 0.15) is 12.2 Å². The largest absolute Gasteiger partial charge is 0.475 e. The lowest BCUT2D eigenvalue weighted by atomic mass is 9.77. The quantitative estimate of drug-likeness (QED) is 0.432. The Hall–Kier alpha value is -1.09. The monoisotopic (exact) mass is 542 g/mol. The minimum absolute atomic E-state index is 0.106. The van der Waals surface area contributed by atoms with Crippen LogP contribution in [0.4, 0.5) is 4.39 Å². The van der Waals surface area contributed by atoms with Crippen LogP contribution in [-0.4, -0.2) is 66.3 Å². The molecule has 0 aliphatic carbocycles. The number of Topliss-reactive ketones (excluding diaryl/α,β-unsaturated/α-hetero) is 1. The van der Waals surface area contributed by atoms with E-state index in [0.29, 0.717) is 30.6 Å². The fraction of sp³-hybridized carbons (Fsp3) is 0.933. The lowest BCUT2D eigenvalue weighted by Crippen LogP contribution is -2.56. The molecule has 2 fully saturated rings. The van der Waals surface area contributed by atoms with E-state index < -0.39 is 41.8 Å². The summed E-state index contributed by atoms with van der Waals surface area (Å²) in [4.78, 5) is 13.6. The third kappa shape index (κ3) is 7.98. The summed E-state index contributed by atoms with van der Waals surface area (Å²) in [5.41, 5.74) is -2.59. The van der Waals surface area contributed by atoms with Gasteiger partial charge in [0, 0.05) is 12.0 Å². The molecule has 38 heavy (non-hydrogen) atoms. The number of nitrogens with one attached hydrogen (secondary N) is 2. The molecule has 0 bridgehead atoms. The van der Waals surface area contributed by atoms with Gasteiger partial charge >= 0.3 is 0 Å². The fourth-order valence-electron chi connectivity index (χ4n) is 6.61. The zero-order valence-corrected chi connectivity index (χ0v) is 25.4. The third-order valence-electron chi connectivity index (χ3n) is 9.23. The summed E-state index contributed by atoms with van der Waals surface area (Å²) in [7, 11) is 1.79. The number of ether oxygens (including phenoxy) is 3. The number of aliphatic hydroxyl groups excluding tert-OH is 1. The van der Waals surface area contributed by atoms with Crippen molar-refractivity contribution in [2.45, 2.75) is 137 Å². The summed E-state index contributed by atoms with van der Waals surface area (Å²) in [5, 5.41) is 22.5. The van der Waals surface area contributed by atoms with E-state index in [9.17, 15) is 9.90 Å². The number of hydrogen-bond acceptors (Lipinski definition) is 7. The van der Waals surface area contributed by atoms with E-state index in [4.69, 9.17) is 19.6 Å². The zero-order valence-electron chi connectivity index (χ0n) is 25.4. The van der Waals surface area contributed by atoms with Gasteiger partial charge in [-0.25, -0.2) is 4.39 Å². The molecule has 2 aliphatic heterocycles.